The van der Waals surface area contributed by atoms with Crippen LogP contribution >= 0.6 is 0 Å². The first-order valence-electron chi connectivity index (χ1n) is 8.97. The van der Waals surface area contributed by atoms with Crippen molar-refractivity contribution < 1.29 is 19.4 Å². The zero-order valence-corrected chi connectivity index (χ0v) is 15.3. The van der Waals surface area contributed by atoms with E-state index in [1.807, 2.05) is 30.3 Å². The number of ether oxygens (including phenoxy) is 1. The van der Waals surface area contributed by atoms with Gasteiger partial charge in [-0.05, 0) is 48.5 Å². The molecular weight excluding hydrogens is 318 g/mol. The maximum atomic E-state index is 12.0. The first-order valence-corrected chi connectivity index (χ1v) is 8.97. The van der Waals surface area contributed by atoms with Crippen LogP contribution < -0.4 is 5.32 Å². The number of carbonyl (C=O) groups excluding carboxylic acids is 1. The summed E-state index contributed by atoms with van der Waals surface area (Å²) in [5.41, 5.74) is 1.11. The summed E-state index contributed by atoms with van der Waals surface area (Å²) in [6.45, 7) is 6.82. The molecule has 2 N–H and O–H groups in total. The highest BCUT2D eigenvalue weighted by molar-refractivity contribution is 5.80. The second kappa shape index (κ2) is 8.37. The summed E-state index contributed by atoms with van der Waals surface area (Å²) in [7, 11) is 0. The molecule has 1 aliphatic carbocycles. The zero-order valence-electron chi connectivity index (χ0n) is 15.3. The molecule has 1 atom stereocenters. The first kappa shape index (κ1) is 19.3. The molecule has 0 saturated heterocycles. The van der Waals surface area contributed by atoms with Crippen LogP contribution in [0.4, 0.5) is 4.79 Å². The fraction of sp³-hybridized carbons (Fsp3) is 0.600. The molecule has 1 saturated carbocycles. The molecule has 2 rings (SSSR count). The van der Waals surface area contributed by atoms with Crippen molar-refractivity contribution in [3.05, 3.63) is 35.9 Å². The van der Waals surface area contributed by atoms with E-state index in [0.717, 1.165) is 31.2 Å². The number of carbonyl (C=O) groups is 2. The maximum Gasteiger partial charge on any atom is 0.408 e. The number of rotatable bonds is 5. The highest BCUT2D eigenvalue weighted by Crippen LogP contribution is 2.40. The molecule has 0 heterocycles. The standard InChI is InChI=1S/C20H29NO4/c1-20(2,3)16-11-9-15(10-12-16)17(18(22)23)21-19(24)25-13-14-7-5-4-6-8-14/h4-8,15-17H,9-13H2,1-3H3,(H,21,24)(H,22,23). The highest BCUT2D eigenvalue weighted by Gasteiger charge is 2.36. The van der Waals surface area contributed by atoms with Gasteiger partial charge in [-0.1, -0.05) is 51.1 Å². The first-order chi connectivity index (χ1) is 11.8. The summed E-state index contributed by atoms with van der Waals surface area (Å²) in [6.07, 6.45) is 2.96. The Balaban J connectivity index is 1.86. The van der Waals surface area contributed by atoms with Gasteiger partial charge in [-0.3, -0.25) is 0 Å². The minimum atomic E-state index is -0.990. The normalized spacial score (nSPS) is 22.0. The Morgan fingerprint density at radius 1 is 1.16 bits per heavy atom. The van der Waals surface area contributed by atoms with E-state index in [1.54, 1.807) is 0 Å². The Bertz CT molecular complexity index is 571. The van der Waals surface area contributed by atoms with Gasteiger partial charge >= 0.3 is 12.1 Å². The van der Waals surface area contributed by atoms with Crippen LogP contribution in [-0.4, -0.2) is 23.2 Å². The van der Waals surface area contributed by atoms with Crippen molar-refractivity contribution in [2.75, 3.05) is 0 Å². The predicted octanol–water partition coefficient (Wildman–Crippen LogP) is 4.22. The third kappa shape index (κ3) is 5.76. The van der Waals surface area contributed by atoms with E-state index < -0.39 is 18.1 Å². The number of carboxylic acid groups (broad SMARTS) is 1. The van der Waals surface area contributed by atoms with Crippen molar-refractivity contribution in [3.8, 4) is 0 Å². The highest BCUT2D eigenvalue weighted by atomic mass is 16.5. The molecule has 1 aromatic carbocycles. The Kier molecular flexibility index (Phi) is 6.45. The number of nitrogens with one attached hydrogen (secondary N) is 1. The smallest absolute Gasteiger partial charge is 0.408 e. The SMILES string of the molecule is CC(C)(C)C1CCC(C(NC(=O)OCc2ccccc2)C(=O)O)CC1. The van der Waals surface area contributed by atoms with Gasteiger partial charge in [0.2, 0.25) is 0 Å². The number of hydrogen-bond acceptors (Lipinski definition) is 3. The number of amides is 1. The van der Waals surface area contributed by atoms with E-state index in [-0.39, 0.29) is 17.9 Å². The second-order valence-electron chi connectivity index (χ2n) is 8.00. The molecule has 1 fully saturated rings. The van der Waals surface area contributed by atoms with Gasteiger partial charge in [0.25, 0.3) is 0 Å². The molecule has 1 amide bonds. The molecule has 5 nitrogen and oxygen atoms in total. The number of aliphatic carboxylic acids is 1. The van der Waals surface area contributed by atoms with Gasteiger partial charge in [-0.15, -0.1) is 0 Å². The maximum absolute atomic E-state index is 12.0. The molecule has 138 valence electrons. The molecule has 1 unspecified atom stereocenters. The van der Waals surface area contributed by atoms with Crippen LogP contribution in [0.3, 0.4) is 0 Å². The summed E-state index contributed by atoms with van der Waals surface area (Å²) < 4.78 is 5.16. The fourth-order valence-corrected chi connectivity index (χ4v) is 3.59. The van der Waals surface area contributed by atoms with Crippen molar-refractivity contribution >= 4 is 12.1 Å². The third-order valence-corrected chi connectivity index (χ3v) is 5.22. The van der Waals surface area contributed by atoms with Gasteiger partial charge in [0, 0.05) is 0 Å². The molecule has 0 bridgehead atoms. The fourth-order valence-electron chi connectivity index (χ4n) is 3.59. The Morgan fingerprint density at radius 2 is 1.76 bits per heavy atom. The van der Waals surface area contributed by atoms with Crippen LogP contribution in [0, 0.1) is 17.3 Å². The van der Waals surface area contributed by atoms with Gasteiger partial charge < -0.3 is 15.2 Å². The second-order valence-corrected chi connectivity index (χ2v) is 8.00. The minimum absolute atomic E-state index is 0.0413. The van der Waals surface area contributed by atoms with Crippen LogP contribution in [0.2, 0.25) is 0 Å². The predicted molar refractivity (Wildman–Crippen MR) is 96.1 cm³/mol. The van der Waals surface area contributed by atoms with Crippen LogP contribution in [0.15, 0.2) is 30.3 Å². The molecule has 0 aliphatic heterocycles. The number of benzene rings is 1. The van der Waals surface area contributed by atoms with Gasteiger partial charge in [0.05, 0.1) is 0 Å². The van der Waals surface area contributed by atoms with E-state index in [0.29, 0.717) is 5.92 Å². The molecule has 0 spiro atoms. The third-order valence-electron chi connectivity index (χ3n) is 5.22. The van der Waals surface area contributed by atoms with Gasteiger partial charge in [-0.25, -0.2) is 9.59 Å². The molecule has 0 aromatic heterocycles. The summed E-state index contributed by atoms with van der Waals surface area (Å²) in [5, 5.41) is 12.1. The molecule has 5 heteroatoms. The Labute approximate surface area is 149 Å². The molecule has 0 radical (unpaired) electrons. The van der Waals surface area contributed by atoms with Crippen molar-refractivity contribution in [1.29, 1.82) is 0 Å². The largest absolute Gasteiger partial charge is 0.480 e. The van der Waals surface area contributed by atoms with Gasteiger partial charge in [-0.2, -0.15) is 0 Å². The number of hydrogen-bond donors (Lipinski definition) is 2. The Morgan fingerprint density at radius 3 is 2.28 bits per heavy atom. The lowest BCUT2D eigenvalue weighted by Crippen LogP contribution is -2.47. The summed E-state index contributed by atoms with van der Waals surface area (Å²) in [4.78, 5) is 23.6. The molecular formula is C20H29NO4. The summed E-state index contributed by atoms with van der Waals surface area (Å²) >= 11 is 0. The lowest BCUT2D eigenvalue weighted by molar-refractivity contribution is -0.141. The van der Waals surface area contributed by atoms with E-state index in [4.69, 9.17) is 4.74 Å². The van der Waals surface area contributed by atoms with E-state index >= 15 is 0 Å². The monoisotopic (exact) mass is 347 g/mol. The van der Waals surface area contributed by atoms with Crippen molar-refractivity contribution in [3.63, 3.8) is 0 Å². The summed E-state index contributed by atoms with van der Waals surface area (Å²) in [5.74, 6) is -0.431. The van der Waals surface area contributed by atoms with Gasteiger partial charge in [0.1, 0.15) is 12.6 Å². The van der Waals surface area contributed by atoms with Crippen LogP contribution in [0.5, 0.6) is 0 Å². The van der Waals surface area contributed by atoms with Crippen molar-refractivity contribution in [1.82, 2.24) is 5.32 Å². The minimum Gasteiger partial charge on any atom is -0.480 e. The quantitative estimate of drug-likeness (QED) is 0.836. The van der Waals surface area contributed by atoms with Crippen LogP contribution in [0.1, 0.15) is 52.0 Å². The summed E-state index contributed by atoms with van der Waals surface area (Å²) in [6, 6.07) is 8.45. The molecule has 1 aliphatic rings. The number of carboxylic acids is 1. The number of alkyl carbamates (subject to hydrolysis) is 1. The zero-order chi connectivity index (χ0) is 18.4. The average Bonchev–Trinajstić information content (AvgIpc) is 2.58. The van der Waals surface area contributed by atoms with E-state index in [1.165, 1.54) is 0 Å². The van der Waals surface area contributed by atoms with Crippen LogP contribution in [-0.2, 0) is 16.1 Å². The van der Waals surface area contributed by atoms with Crippen molar-refractivity contribution in [2.24, 2.45) is 17.3 Å². The van der Waals surface area contributed by atoms with Crippen molar-refractivity contribution in [2.45, 2.75) is 59.1 Å². The van der Waals surface area contributed by atoms with Crippen LogP contribution in [0.25, 0.3) is 0 Å². The van der Waals surface area contributed by atoms with Gasteiger partial charge in [0.15, 0.2) is 0 Å². The van der Waals surface area contributed by atoms with E-state index in [9.17, 15) is 14.7 Å². The molecule has 1 aromatic rings. The lowest BCUT2D eigenvalue weighted by atomic mass is 9.68. The lowest BCUT2D eigenvalue weighted by Gasteiger charge is -2.38. The Hall–Kier alpha value is -2.04. The van der Waals surface area contributed by atoms with E-state index in [2.05, 4.69) is 26.1 Å². The molecule has 25 heavy (non-hydrogen) atoms. The topological polar surface area (TPSA) is 75.6 Å². The average molecular weight is 347 g/mol.